The summed E-state index contributed by atoms with van der Waals surface area (Å²) < 4.78 is 0. The van der Waals surface area contributed by atoms with Crippen LogP contribution in [0.15, 0.2) is 23.3 Å². The molecule has 3 nitrogen and oxygen atoms in total. The lowest BCUT2D eigenvalue weighted by molar-refractivity contribution is 0.0402. The van der Waals surface area contributed by atoms with Crippen LogP contribution in [0.3, 0.4) is 0 Å². The topological polar surface area (TPSA) is 60.7 Å². The summed E-state index contributed by atoms with van der Waals surface area (Å²) in [6.45, 7) is 15.6. The van der Waals surface area contributed by atoms with E-state index in [4.69, 9.17) is 5.11 Å². The van der Waals surface area contributed by atoms with Gasteiger partial charge in [0.05, 0.1) is 11.7 Å². The van der Waals surface area contributed by atoms with Crippen molar-refractivity contribution < 1.29 is 15.3 Å². The standard InChI is InChI=1S/C27H48O2.C2H6O/c1-7-25-23(16-15-22-12-8-14-24(28)19-22)13-10-18-27(25,6)21(3)20(2)11-9-17-26(4,5)29;1-2-3/h15-16,20-21,24-25,28-29H,7-14,17-19H2,1-6H3;3H,2H2,1H3/b22-15-,23-16+;. The molecule has 0 saturated heterocycles. The van der Waals surface area contributed by atoms with Crippen LogP contribution in [0.5, 0.6) is 0 Å². The Bertz CT molecular complexity index is 586. The van der Waals surface area contributed by atoms with Crippen molar-refractivity contribution in [1.82, 2.24) is 0 Å². The molecule has 0 spiro atoms. The van der Waals surface area contributed by atoms with Gasteiger partial charge in [0, 0.05) is 6.61 Å². The van der Waals surface area contributed by atoms with Gasteiger partial charge in [-0.05, 0) is 102 Å². The second-order valence-electron chi connectivity index (χ2n) is 11.4. The monoisotopic (exact) mass is 450 g/mol. The van der Waals surface area contributed by atoms with Crippen molar-refractivity contribution in [2.75, 3.05) is 6.61 Å². The molecule has 2 fully saturated rings. The van der Waals surface area contributed by atoms with Crippen LogP contribution in [0.25, 0.3) is 0 Å². The SMILES string of the molecule is CCC1/C(=C/C=C2/CCCC(O)C2)CCCC1(C)C(C)C(C)CCCC(C)(C)O.CCO. The first-order valence-corrected chi connectivity index (χ1v) is 13.4. The van der Waals surface area contributed by atoms with Crippen LogP contribution in [0.4, 0.5) is 0 Å². The predicted molar refractivity (Wildman–Crippen MR) is 138 cm³/mol. The minimum absolute atomic E-state index is 0.128. The molecule has 0 radical (unpaired) electrons. The highest BCUT2D eigenvalue weighted by molar-refractivity contribution is 5.24. The van der Waals surface area contributed by atoms with Crippen LogP contribution < -0.4 is 0 Å². The van der Waals surface area contributed by atoms with E-state index in [0.29, 0.717) is 23.2 Å². The smallest absolute Gasteiger partial charge is 0.0591 e. The van der Waals surface area contributed by atoms with Crippen molar-refractivity contribution in [1.29, 1.82) is 0 Å². The summed E-state index contributed by atoms with van der Waals surface area (Å²) >= 11 is 0. The molecule has 2 saturated carbocycles. The third-order valence-electron chi connectivity index (χ3n) is 8.24. The fraction of sp³-hybridized carbons (Fsp3) is 0.862. The molecule has 0 aromatic rings. The third-order valence-corrected chi connectivity index (χ3v) is 8.24. The van der Waals surface area contributed by atoms with Gasteiger partial charge in [0.15, 0.2) is 0 Å². The van der Waals surface area contributed by atoms with E-state index in [1.807, 2.05) is 13.8 Å². The summed E-state index contributed by atoms with van der Waals surface area (Å²) in [7, 11) is 0. The molecule has 0 aliphatic heterocycles. The van der Waals surface area contributed by atoms with Crippen LogP contribution in [-0.2, 0) is 0 Å². The zero-order chi connectivity index (χ0) is 24.4. The maximum Gasteiger partial charge on any atom is 0.0591 e. The Kier molecular flexibility index (Phi) is 12.8. The second-order valence-corrected chi connectivity index (χ2v) is 11.4. The molecule has 0 amide bonds. The quantitative estimate of drug-likeness (QED) is 0.366. The second kappa shape index (κ2) is 13.9. The molecular weight excluding hydrogens is 396 g/mol. The molecule has 0 heterocycles. The number of hydrogen-bond acceptors (Lipinski definition) is 3. The lowest BCUT2D eigenvalue weighted by Crippen LogP contribution is -2.40. The first kappa shape index (κ1) is 29.4. The summed E-state index contributed by atoms with van der Waals surface area (Å²) in [6, 6.07) is 0. The molecule has 5 unspecified atom stereocenters. The molecule has 2 aliphatic carbocycles. The average Bonchev–Trinajstić information content (AvgIpc) is 2.71. The average molecular weight is 451 g/mol. The van der Waals surface area contributed by atoms with Crippen LogP contribution in [-0.4, -0.2) is 33.6 Å². The van der Waals surface area contributed by atoms with Gasteiger partial charge in [0.1, 0.15) is 0 Å². The highest BCUT2D eigenvalue weighted by atomic mass is 16.3. The number of hydrogen-bond donors (Lipinski definition) is 3. The fourth-order valence-corrected chi connectivity index (χ4v) is 6.12. The van der Waals surface area contributed by atoms with Crippen molar-refractivity contribution in [3.05, 3.63) is 23.3 Å². The van der Waals surface area contributed by atoms with Gasteiger partial charge in [-0.2, -0.15) is 0 Å². The molecule has 2 aliphatic rings. The van der Waals surface area contributed by atoms with Crippen LogP contribution in [0.2, 0.25) is 0 Å². The first-order chi connectivity index (χ1) is 15.0. The van der Waals surface area contributed by atoms with E-state index in [1.165, 1.54) is 37.7 Å². The van der Waals surface area contributed by atoms with Gasteiger partial charge in [-0.15, -0.1) is 0 Å². The predicted octanol–water partition coefficient (Wildman–Crippen LogP) is 7.20. The maximum absolute atomic E-state index is 10.0. The van der Waals surface area contributed by atoms with Gasteiger partial charge in [-0.3, -0.25) is 0 Å². The van der Waals surface area contributed by atoms with Crippen molar-refractivity contribution >= 4 is 0 Å². The summed E-state index contributed by atoms with van der Waals surface area (Å²) in [6.07, 6.45) is 17.1. The number of aliphatic hydroxyl groups excluding tert-OH is 2. The van der Waals surface area contributed by atoms with Gasteiger partial charge in [-0.1, -0.05) is 63.8 Å². The van der Waals surface area contributed by atoms with Crippen molar-refractivity contribution in [2.45, 2.75) is 131 Å². The molecule has 32 heavy (non-hydrogen) atoms. The zero-order valence-electron chi connectivity index (χ0n) is 22.3. The Morgan fingerprint density at radius 2 is 1.78 bits per heavy atom. The maximum atomic E-state index is 10.0. The molecule has 0 bridgehead atoms. The number of rotatable bonds is 8. The molecule has 3 heteroatoms. The fourth-order valence-electron chi connectivity index (χ4n) is 6.12. The minimum atomic E-state index is -0.542. The van der Waals surface area contributed by atoms with E-state index in [9.17, 15) is 10.2 Å². The van der Waals surface area contributed by atoms with Crippen LogP contribution >= 0.6 is 0 Å². The zero-order valence-corrected chi connectivity index (χ0v) is 22.3. The molecular formula is C29H54O3. The van der Waals surface area contributed by atoms with E-state index < -0.39 is 5.60 Å². The largest absolute Gasteiger partial charge is 0.397 e. The lowest BCUT2D eigenvalue weighted by Gasteiger charge is -2.49. The molecule has 2 rings (SSSR count). The Balaban J connectivity index is 0.00000161. The Labute approximate surface area is 199 Å². The normalized spacial score (nSPS) is 31.2. The highest BCUT2D eigenvalue weighted by Crippen LogP contribution is 2.53. The van der Waals surface area contributed by atoms with Gasteiger partial charge in [-0.25, -0.2) is 0 Å². The van der Waals surface area contributed by atoms with Gasteiger partial charge in [0.25, 0.3) is 0 Å². The van der Waals surface area contributed by atoms with Gasteiger partial charge < -0.3 is 15.3 Å². The number of aliphatic hydroxyl groups is 3. The molecule has 188 valence electrons. The molecule has 5 atom stereocenters. The summed E-state index contributed by atoms with van der Waals surface area (Å²) in [5, 5.41) is 27.6. The Morgan fingerprint density at radius 1 is 1.12 bits per heavy atom. The van der Waals surface area contributed by atoms with Crippen molar-refractivity contribution in [3.8, 4) is 0 Å². The van der Waals surface area contributed by atoms with E-state index in [0.717, 1.165) is 38.5 Å². The lowest BCUT2D eigenvalue weighted by atomic mass is 9.56. The van der Waals surface area contributed by atoms with Crippen molar-refractivity contribution in [2.24, 2.45) is 23.2 Å². The van der Waals surface area contributed by atoms with E-state index >= 15 is 0 Å². The molecule has 3 N–H and O–H groups in total. The molecule has 0 aromatic heterocycles. The summed E-state index contributed by atoms with van der Waals surface area (Å²) in [5.74, 6) is 2.03. The third kappa shape index (κ3) is 9.31. The van der Waals surface area contributed by atoms with Gasteiger partial charge in [0.2, 0.25) is 0 Å². The van der Waals surface area contributed by atoms with E-state index in [-0.39, 0.29) is 12.7 Å². The Hall–Kier alpha value is -0.640. The van der Waals surface area contributed by atoms with Crippen LogP contribution in [0, 0.1) is 23.2 Å². The first-order valence-electron chi connectivity index (χ1n) is 13.4. The van der Waals surface area contributed by atoms with Gasteiger partial charge >= 0.3 is 0 Å². The van der Waals surface area contributed by atoms with Crippen molar-refractivity contribution in [3.63, 3.8) is 0 Å². The molecule has 0 aromatic carbocycles. The summed E-state index contributed by atoms with van der Waals surface area (Å²) in [5.41, 5.74) is 2.90. The summed E-state index contributed by atoms with van der Waals surface area (Å²) in [4.78, 5) is 0. The van der Waals surface area contributed by atoms with E-state index in [2.05, 4.69) is 39.8 Å². The van der Waals surface area contributed by atoms with E-state index in [1.54, 1.807) is 12.5 Å². The highest BCUT2D eigenvalue weighted by Gasteiger charge is 2.43. The van der Waals surface area contributed by atoms with Crippen LogP contribution in [0.1, 0.15) is 119 Å². The Morgan fingerprint density at radius 3 is 2.34 bits per heavy atom. The number of allylic oxidation sites excluding steroid dienone is 3. The minimum Gasteiger partial charge on any atom is -0.397 e.